The van der Waals surface area contributed by atoms with E-state index in [1.807, 2.05) is 0 Å². The van der Waals surface area contributed by atoms with Gasteiger partial charge in [-0.1, -0.05) is 0 Å². The van der Waals surface area contributed by atoms with Gasteiger partial charge in [-0.3, -0.25) is 19.8 Å². The zero-order valence-electron chi connectivity index (χ0n) is 11.1. The molecule has 1 aromatic heterocycles. The van der Waals surface area contributed by atoms with Crippen LogP contribution in [0.25, 0.3) is 0 Å². The Balaban J connectivity index is 2.21. The number of hydrogen-bond donors (Lipinski definition) is 2. The molecule has 1 heterocycles. The standard InChI is InChI=1S/C12H12N6O3/c1-8(19)18(10-4-2-9(13)3-5-10)12(21)11(20)16-17-6-14-15-7-17/h2-7H,13H2,1H3,(H,16,20). The molecule has 0 aliphatic rings. The predicted molar refractivity (Wildman–Crippen MR) is 73.4 cm³/mol. The number of benzene rings is 1. The molecule has 2 aromatic rings. The van der Waals surface area contributed by atoms with E-state index >= 15 is 0 Å². The Hall–Kier alpha value is -3.23. The number of nitrogen functional groups attached to an aromatic ring is 1. The topological polar surface area (TPSA) is 123 Å². The highest BCUT2D eigenvalue weighted by atomic mass is 16.2. The second-order valence-corrected chi connectivity index (χ2v) is 4.06. The van der Waals surface area contributed by atoms with E-state index in [-0.39, 0.29) is 5.69 Å². The van der Waals surface area contributed by atoms with E-state index in [9.17, 15) is 14.4 Å². The van der Waals surface area contributed by atoms with Crippen LogP contribution in [0.5, 0.6) is 0 Å². The van der Waals surface area contributed by atoms with Gasteiger partial charge in [-0.05, 0) is 24.3 Å². The summed E-state index contributed by atoms with van der Waals surface area (Å²) in [5.74, 6) is -2.62. The number of imide groups is 1. The van der Waals surface area contributed by atoms with Crippen molar-refractivity contribution in [2.45, 2.75) is 6.92 Å². The Bertz CT molecular complexity index is 665. The summed E-state index contributed by atoms with van der Waals surface area (Å²) in [4.78, 5) is 36.3. The minimum atomic E-state index is -1.03. The number of hydrogen-bond acceptors (Lipinski definition) is 6. The second-order valence-electron chi connectivity index (χ2n) is 4.06. The molecule has 0 atom stereocenters. The summed E-state index contributed by atoms with van der Waals surface area (Å²) < 4.78 is 1.10. The van der Waals surface area contributed by atoms with Crippen molar-refractivity contribution in [2.75, 3.05) is 16.1 Å². The molecule has 0 radical (unpaired) electrons. The second kappa shape index (κ2) is 5.82. The highest BCUT2D eigenvalue weighted by Gasteiger charge is 2.27. The van der Waals surface area contributed by atoms with Crippen LogP contribution in [0.4, 0.5) is 11.4 Å². The quantitative estimate of drug-likeness (QED) is 0.567. The number of aromatic nitrogens is 3. The van der Waals surface area contributed by atoms with Crippen molar-refractivity contribution in [1.82, 2.24) is 14.9 Å². The van der Waals surface area contributed by atoms with Crippen molar-refractivity contribution >= 4 is 29.1 Å². The van der Waals surface area contributed by atoms with E-state index in [1.54, 1.807) is 0 Å². The van der Waals surface area contributed by atoms with Gasteiger partial charge >= 0.3 is 11.8 Å². The molecule has 21 heavy (non-hydrogen) atoms. The maximum Gasteiger partial charge on any atom is 0.329 e. The van der Waals surface area contributed by atoms with Crippen LogP contribution in [0.3, 0.4) is 0 Å². The van der Waals surface area contributed by atoms with Crippen LogP contribution in [0, 0.1) is 0 Å². The van der Waals surface area contributed by atoms with E-state index in [4.69, 9.17) is 5.73 Å². The zero-order chi connectivity index (χ0) is 15.4. The molecule has 0 aliphatic carbocycles. The summed E-state index contributed by atoms with van der Waals surface area (Å²) in [6, 6.07) is 5.99. The number of carbonyl (C=O) groups is 3. The summed E-state index contributed by atoms with van der Waals surface area (Å²) in [6.45, 7) is 1.18. The molecule has 108 valence electrons. The van der Waals surface area contributed by atoms with Crippen LogP contribution in [0.2, 0.25) is 0 Å². The molecule has 0 saturated heterocycles. The number of rotatable bonds is 2. The molecule has 0 bridgehead atoms. The first kappa shape index (κ1) is 14.2. The lowest BCUT2D eigenvalue weighted by Gasteiger charge is -2.18. The third-order valence-electron chi connectivity index (χ3n) is 2.51. The Morgan fingerprint density at radius 2 is 1.71 bits per heavy atom. The van der Waals surface area contributed by atoms with Crippen molar-refractivity contribution in [2.24, 2.45) is 0 Å². The molecule has 3 amide bonds. The Kier molecular flexibility index (Phi) is 3.93. The average molecular weight is 288 g/mol. The summed E-state index contributed by atoms with van der Waals surface area (Å²) in [7, 11) is 0. The first-order valence-electron chi connectivity index (χ1n) is 5.85. The zero-order valence-corrected chi connectivity index (χ0v) is 11.1. The minimum absolute atomic E-state index is 0.251. The van der Waals surface area contributed by atoms with Gasteiger partial charge in [-0.2, -0.15) is 0 Å². The Labute approximate surface area is 119 Å². The highest BCUT2D eigenvalue weighted by molar-refractivity contribution is 6.47. The Morgan fingerprint density at radius 3 is 2.24 bits per heavy atom. The van der Waals surface area contributed by atoms with Gasteiger partial charge in [0.05, 0.1) is 5.69 Å². The monoisotopic (exact) mass is 288 g/mol. The van der Waals surface area contributed by atoms with Gasteiger partial charge in [0.15, 0.2) is 0 Å². The van der Waals surface area contributed by atoms with E-state index in [2.05, 4.69) is 15.6 Å². The molecule has 0 spiro atoms. The summed E-state index contributed by atoms with van der Waals surface area (Å²) in [5.41, 5.74) is 8.49. The van der Waals surface area contributed by atoms with Crippen molar-refractivity contribution in [3.8, 4) is 0 Å². The molecular weight excluding hydrogens is 276 g/mol. The number of nitrogens with zero attached hydrogens (tertiary/aromatic N) is 4. The SMILES string of the molecule is CC(=O)N(C(=O)C(=O)Nn1cnnc1)c1ccc(N)cc1. The van der Waals surface area contributed by atoms with Crippen molar-refractivity contribution < 1.29 is 14.4 Å². The molecule has 0 saturated carbocycles. The third kappa shape index (κ3) is 3.21. The molecule has 0 unspecified atom stereocenters. The number of anilines is 2. The molecule has 0 fully saturated rings. The fraction of sp³-hybridized carbons (Fsp3) is 0.0833. The van der Waals surface area contributed by atoms with Crippen LogP contribution in [-0.4, -0.2) is 32.6 Å². The normalized spacial score (nSPS) is 9.95. The van der Waals surface area contributed by atoms with Crippen molar-refractivity contribution in [3.63, 3.8) is 0 Å². The van der Waals surface area contributed by atoms with Gasteiger partial charge in [-0.15, -0.1) is 10.2 Å². The number of amides is 3. The maximum absolute atomic E-state index is 12.1. The average Bonchev–Trinajstić information content (AvgIpc) is 2.93. The molecule has 0 aliphatic heterocycles. The van der Waals surface area contributed by atoms with E-state index < -0.39 is 17.7 Å². The van der Waals surface area contributed by atoms with Crippen LogP contribution in [0.1, 0.15) is 6.92 Å². The Morgan fingerprint density at radius 1 is 1.14 bits per heavy atom. The number of carbonyl (C=O) groups excluding carboxylic acids is 3. The summed E-state index contributed by atoms with van der Waals surface area (Å²) >= 11 is 0. The lowest BCUT2D eigenvalue weighted by Crippen LogP contribution is -2.44. The van der Waals surface area contributed by atoms with Crippen LogP contribution in [0.15, 0.2) is 36.9 Å². The number of nitrogens with one attached hydrogen (secondary N) is 1. The minimum Gasteiger partial charge on any atom is -0.399 e. The van der Waals surface area contributed by atoms with Gasteiger partial charge in [0.25, 0.3) is 0 Å². The van der Waals surface area contributed by atoms with Gasteiger partial charge < -0.3 is 5.73 Å². The molecule has 1 aromatic carbocycles. The predicted octanol–water partition coefficient (Wildman–Crippen LogP) is -0.490. The molecule has 9 heteroatoms. The first-order chi connectivity index (χ1) is 9.99. The fourth-order valence-corrected chi connectivity index (χ4v) is 1.59. The molecule has 2 rings (SSSR count). The molecular formula is C12H12N6O3. The summed E-state index contributed by atoms with van der Waals surface area (Å²) in [5, 5.41) is 6.95. The smallest absolute Gasteiger partial charge is 0.329 e. The number of nitrogens with two attached hydrogens (primary N) is 1. The van der Waals surface area contributed by atoms with E-state index in [1.165, 1.54) is 43.8 Å². The lowest BCUT2D eigenvalue weighted by atomic mass is 10.2. The van der Waals surface area contributed by atoms with Gasteiger partial charge in [0.2, 0.25) is 5.91 Å². The van der Waals surface area contributed by atoms with E-state index in [0.717, 1.165) is 9.58 Å². The maximum atomic E-state index is 12.1. The molecule has 9 nitrogen and oxygen atoms in total. The fourth-order valence-electron chi connectivity index (χ4n) is 1.59. The highest BCUT2D eigenvalue weighted by Crippen LogP contribution is 2.17. The van der Waals surface area contributed by atoms with Crippen molar-refractivity contribution in [1.29, 1.82) is 0 Å². The van der Waals surface area contributed by atoms with Crippen molar-refractivity contribution in [3.05, 3.63) is 36.9 Å². The molecule has 3 N–H and O–H groups in total. The lowest BCUT2D eigenvalue weighted by molar-refractivity contribution is -0.137. The van der Waals surface area contributed by atoms with Gasteiger partial charge in [0, 0.05) is 12.6 Å². The van der Waals surface area contributed by atoms with Crippen LogP contribution in [-0.2, 0) is 14.4 Å². The van der Waals surface area contributed by atoms with Gasteiger partial charge in [-0.25, -0.2) is 9.58 Å². The van der Waals surface area contributed by atoms with Crippen LogP contribution >= 0.6 is 0 Å². The van der Waals surface area contributed by atoms with Gasteiger partial charge in [0.1, 0.15) is 12.7 Å². The summed E-state index contributed by atoms with van der Waals surface area (Å²) in [6.07, 6.45) is 2.40. The van der Waals surface area contributed by atoms with E-state index in [0.29, 0.717) is 5.69 Å². The van der Waals surface area contributed by atoms with Crippen LogP contribution < -0.4 is 16.1 Å². The third-order valence-corrected chi connectivity index (χ3v) is 2.51. The first-order valence-corrected chi connectivity index (χ1v) is 5.85. The largest absolute Gasteiger partial charge is 0.399 e.